The molecule has 8 heavy (non-hydrogen) atoms. The van der Waals surface area contributed by atoms with Crippen LogP contribution in [-0.2, 0) is 0 Å². The van der Waals surface area contributed by atoms with Gasteiger partial charge in [0.2, 0.25) is 0 Å². The average molecular weight is 313 g/mol. The van der Waals surface area contributed by atoms with Gasteiger partial charge in [-0.1, -0.05) is 47.8 Å². The fourth-order valence-electron chi connectivity index (χ4n) is 0. The number of aliphatic hydroxyl groups is 2. The lowest BCUT2D eigenvalue weighted by molar-refractivity contribution is -0.132. The second kappa shape index (κ2) is 2.54. The van der Waals surface area contributed by atoms with Gasteiger partial charge in [-0.15, -0.1) is 0 Å². The topological polar surface area (TPSA) is 40.5 Å². The summed E-state index contributed by atoms with van der Waals surface area (Å²) in [7, 11) is 0. The Bertz CT molecular complexity index is 67.5. The highest BCUT2D eigenvalue weighted by Gasteiger charge is 2.38. The van der Waals surface area contributed by atoms with Gasteiger partial charge in [-0.3, -0.25) is 0 Å². The van der Waals surface area contributed by atoms with Crippen LogP contribution in [0.3, 0.4) is 0 Å². The minimum absolute atomic E-state index is 1.01. The summed E-state index contributed by atoms with van der Waals surface area (Å²) in [5, 5.41) is 17.5. The lowest BCUT2D eigenvalue weighted by Crippen LogP contribution is -2.37. The van der Waals surface area contributed by atoms with Gasteiger partial charge in [0.05, 0.1) is 0 Å². The summed E-state index contributed by atoms with van der Waals surface area (Å²) in [4.78, 5) is 0. The predicted octanol–water partition coefficient (Wildman–Crippen LogP) is 1.53. The first-order chi connectivity index (χ1) is 3.25. The lowest BCUT2D eigenvalue weighted by Gasteiger charge is -2.25. The first-order valence-electron chi connectivity index (χ1n) is 1.76. The van der Waals surface area contributed by atoms with Crippen molar-refractivity contribution in [2.24, 2.45) is 0 Å². The zero-order valence-corrected chi connectivity index (χ0v) is 8.79. The third-order valence-electron chi connectivity index (χ3n) is 0.537. The van der Waals surface area contributed by atoms with Crippen molar-refractivity contribution in [1.29, 1.82) is 0 Å². The Kier molecular flexibility index (Phi) is 2.97. The van der Waals surface area contributed by atoms with E-state index < -0.39 is 7.93 Å². The highest BCUT2D eigenvalue weighted by molar-refractivity contribution is 9.39. The minimum atomic E-state index is -1.81. The summed E-state index contributed by atoms with van der Waals surface area (Å²) in [5.74, 6) is -1.81. The van der Waals surface area contributed by atoms with Crippen molar-refractivity contribution in [2.75, 3.05) is 0 Å². The summed E-state index contributed by atoms with van der Waals surface area (Å²) in [5.41, 5.74) is 0. The van der Waals surface area contributed by atoms with Crippen LogP contribution in [-0.4, -0.2) is 18.1 Å². The van der Waals surface area contributed by atoms with Crippen LogP contribution in [0.15, 0.2) is 0 Å². The van der Waals surface area contributed by atoms with Crippen molar-refractivity contribution < 1.29 is 10.2 Å². The second-order valence-corrected chi connectivity index (χ2v) is 8.28. The SMILES string of the molecule is CC(O)(O)C(Br)(Br)Br. The van der Waals surface area contributed by atoms with Crippen LogP contribution in [0.1, 0.15) is 6.92 Å². The molecule has 2 N–H and O–H groups in total. The van der Waals surface area contributed by atoms with E-state index in [1.54, 1.807) is 0 Å². The number of hydrogen-bond donors (Lipinski definition) is 2. The molecular weight excluding hydrogens is 308 g/mol. The van der Waals surface area contributed by atoms with Crippen LogP contribution in [0.5, 0.6) is 0 Å². The molecule has 0 amide bonds. The number of alkyl halides is 3. The minimum Gasteiger partial charge on any atom is -0.363 e. The Balaban J connectivity index is 4.02. The third-order valence-corrected chi connectivity index (χ3v) is 2.79. The zero-order valence-electron chi connectivity index (χ0n) is 4.03. The maximum absolute atomic E-state index is 8.77. The average Bonchev–Trinajstić information content (AvgIpc) is 1.25. The Morgan fingerprint density at radius 1 is 1.12 bits per heavy atom. The van der Waals surface area contributed by atoms with E-state index in [9.17, 15) is 0 Å². The molecule has 0 fully saturated rings. The molecule has 0 aromatic carbocycles. The fourth-order valence-corrected chi connectivity index (χ4v) is 0. The standard InChI is InChI=1S/C3H5Br3O2/c1-2(7,8)3(4,5)6/h7-8H,1H3. The first-order valence-corrected chi connectivity index (χ1v) is 4.14. The van der Waals surface area contributed by atoms with Crippen molar-refractivity contribution in [3.05, 3.63) is 0 Å². The second-order valence-electron chi connectivity index (χ2n) is 1.52. The number of hydrogen-bond acceptors (Lipinski definition) is 2. The van der Waals surface area contributed by atoms with Gasteiger partial charge in [-0.2, -0.15) is 0 Å². The van der Waals surface area contributed by atoms with Gasteiger partial charge in [0.25, 0.3) is 0 Å². The summed E-state index contributed by atoms with van der Waals surface area (Å²) in [6, 6.07) is 0. The Morgan fingerprint density at radius 3 is 1.25 bits per heavy atom. The van der Waals surface area contributed by atoms with Crippen molar-refractivity contribution in [3.8, 4) is 0 Å². The van der Waals surface area contributed by atoms with Gasteiger partial charge in [-0.25, -0.2) is 0 Å². The summed E-state index contributed by atoms with van der Waals surface area (Å²) < 4.78 is -1.01. The summed E-state index contributed by atoms with van der Waals surface area (Å²) in [6.07, 6.45) is 0. The number of rotatable bonds is 0. The first kappa shape index (κ1) is 9.36. The van der Waals surface area contributed by atoms with E-state index in [-0.39, 0.29) is 0 Å². The van der Waals surface area contributed by atoms with E-state index in [2.05, 4.69) is 47.8 Å². The maximum Gasteiger partial charge on any atom is 0.195 e. The molecule has 0 saturated carbocycles. The molecule has 50 valence electrons. The highest BCUT2D eigenvalue weighted by Crippen LogP contribution is 2.41. The molecule has 0 radical (unpaired) electrons. The molecule has 0 rings (SSSR count). The van der Waals surface area contributed by atoms with E-state index in [1.165, 1.54) is 6.92 Å². The number of halogens is 3. The predicted molar refractivity (Wildman–Crippen MR) is 42.4 cm³/mol. The van der Waals surface area contributed by atoms with Gasteiger partial charge in [0.1, 0.15) is 0 Å². The zero-order chi connectivity index (χ0) is 7.00. The van der Waals surface area contributed by atoms with Crippen LogP contribution < -0.4 is 0 Å². The van der Waals surface area contributed by atoms with Gasteiger partial charge in [0, 0.05) is 0 Å². The molecule has 0 spiro atoms. The molecule has 0 heterocycles. The van der Waals surface area contributed by atoms with Crippen molar-refractivity contribution in [3.63, 3.8) is 0 Å². The van der Waals surface area contributed by atoms with E-state index in [0.29, 0.717) is 0 Å². The van der Waals surface area contributed by atoms with Gasteiger partial charge < -0.3 is 10.2 Å². The smallest absolute Gasteiger partial charge is 0.195 e. The van der Waals surface area contributed by atoms with Crippen LogP contribution in [0.25, 0.3) is 0 Å². The largest absolute Gasteiger partial charge is 0.363 e. The normalized spacial score (nSPS) is 14.2. The summed E-state index contributed by atoms with van der Waals surface area (Å²) in [6.45, 7) is 1.24. The molecule has 0 aliphatic heterocycles. The van der Waals surface area contributed by atoms with Crippen LogP contribution in [0.2, 0.25) is 0 Å². The van der Waals surface area contributed by atoms with Gasteiger partial charge in [0.15, 0.2) is 7.93 Å². The molecular formula is C3H5Br3O2. The molecule has 2 nitrogen and oxygen atoms in total. The Labute approximate surface area is 72.7 Å². The van der Waals surface area contributed by atoms with E-state index in [1.807, 2.05) is 0 Å². The van der Waals surface area contributed by atoms with Crippen LogP contribution in [0.4, 0.5) is 0 Å². The van der Waals surface area contributed by atoms with E-state index >= 15 is 0 Å². The Hall–Kier alpha value is 1.36. The van der Waals surface area contributed by atoms with E-state index in [4.69, 9.17) is 10.2 Å². The molecule has 0 aromatic heterocycles. The molecule has 0 aliphatic rings. The Morgan fingerprint density at radius 2 is 1.25 bits per heavy atom. The lowest BCUT2D eigenvalue weighted by atomic mass is 10.4. The quantitative estimate of drug-likeness (QED) is 0.526. The third kappa shape index (κ3) is 2.77. The molecule has 5 heteroatoms. The van der Waals surface area contributed by atoms with Gasteiger partial charge >= 0.3 is 0 Å². The molecule has 0 unspecified atom stereocenters. The summed E-state index contributed by atoms with van der Waals surface area (Å²) >= 11 is 8.80. The van der Waals surface area contributed by atoms with Crippen LogP contribution >= 0.6 is 47.8 Å². The molecule has 0 saturated heterocycles. The van der Waals surface area contributed by atoms with Crippen molar-refractivity contribution >= 4 is 47.8 Å². The molecule has 0 bridgehead atoms. The van der Waals surface area contributed by atoms with E-state index in [0.717, 1.165) is 0 Å². The van der Waals surface area contributed by atoms with Crippen molar-refractivity contribution in [2.45, 2.75) is 14.9 Å². The molecule has 0 aromatic rings. The van der Waals surface area contributed by atoms with Crippen LogP contribution in [0, 0.1) is 0 Å². The fraction of sp³-hybridized carbons (Fsp3) is 1.00. The van der Waals surface area contributed by atoms with Gasteiger partial charge in [-0.05, 0) is 6.92 Å². The molecule has 0 atom stereocenters. The monoisotopic (exact) mass is 310 g/mol. The molecule has 0 aliphatic carbocycles. The maximum atomic E-state index is 8.77. The van der Waals surface area contributed by atoms with Crippen molar-refractivity contribution in [1.82, 2.24) is 0 Å². The highest BCUT2D eigenvalue weighted by atomic mass is 80.0.